The van der Waals surface area contributed by atoms with Crippen molar-refractivity contribution in [3.63, 3.8) is 0 Å². The first kappa shape index (κ1) is 16.0. The van der Waals surface area contributed by atoms with Gasteiger partial charge in [0.1, 0.15) is 6.10 Å². The van der Waals surface area contributed by atoms with E-state index in [0.29, 0.717) is 12.8 Å². The van der Waals surface area contributed by atoms with Gasteiger partial charge in [-0.1, -0.05) is 13.0 Å². The Kier molecular flexibility index (Phi) is 5.38. The van der Waals surface area contributed by atoms with Crippen LogP contribution in [0, 0.1) is 5.92 Å². The lowest BCUT2D eigenvalue weighted by atomic mass is 9.90. The lowest BCUT2D eigenvalue weighted by Gasteiger charge is -2.28. The molecular weight excluding hydrogens is 246 g/mol. The number of rotatable bonds is 1. The molecule has 1 amide bonds. The van der Waals surface area contributed by atoms with E-state index in [-0.39, 0.29) is 11.5 Å². The van der Waals surface area contributed by atoms with Gasteiger partial charge in [-0.2, -0.15) is 0 Å². The van der Waals surface area contributed by atoms with Crippen molar-refractivity contribution in [2.75, 3.05) is 0 Å². The quantitative estimate of drug-likeness (QED) is 0.633. The molecule has 5 heteroatoms. The number of carbonyl (C=O) groups excluding carboxylic acids is 1. The van der Waals surface area contributed by atoms with Crippen molar-refractivity contribution in [3.8, 4) is 0 Å². The van der Waals surface area contributed by atoms with E-state index >= 15 is 0 Å². The normalized spacial score (nSPS) is 34.0. The van der Waals surface area contributed by atoms with Crippen molar-refractivity contribution in [2.24, 2.45) is 5.92 Å². The van der Waals surface area contributed by atoms with Crippen LogP contribution in [0.1, 0.15) is 40.5 Å². The standard InChI is InChI=1S/C14H25NO4/c1-9-7-11(6-5-10(16)8-12(9)17)19-13(18)15-14(2,3)4/h5-6,9-12,16-17H,7-8H2,1-4H3,(H,15,18)/b6-5+. The van der Waals surface area contributed by atoms with E-state index in [0.717, 1.165) is 0 Å². The first-order valence-corrected chi connectivity index (χ1v) is 6.70. The largest absolute Gasteiger partial charge is 0.442 e. The fourth-order valence-electron chi connectivity index (χ4n) is 1.97. The maximum Gasteiger partial charge on any atom is 0.408 e. The number of alkyl carbamates (subject to hydrolysis) is 1. The molecule has 5 nitrogen and oxygen atoms in total. The molecule has 1 aliphatic carbocycles. The zero-order valence-corrected chi connectivity index (χ0v) is 12.1. The first-order valence-electron chi connectivity index (χ1n) is 6.70. The Bertz CT molecular complexity index is 335. The molecule has 0 aromatic rings. The van der Waals surface area contributed by atoms with E-state index in [9.17, 15) is 15.0 Å². The molecule has 3 N–H and O–H groups in total. The van der Waals surface area contributed by atoms with Crippen molar-refractivity contribution in [1.29, 1.82) is 0 Å². The van der Waals surface area contributed by atoms with Crippen molar-refractivity contribution in [3.05, 3.63) is 12.2 Å². The summed E-state index contributed by atoms with van der Waals surface area (Å²) in [4.78, 5) is 11.7. The zero-order valence-electron chi connectivity index (χ0n) is 12.1. The highest BCUT2D eigenvalue weighted by molar-refractivity contribution is 5.68. The predicted molar refractivity (Wildman–Crippen MR) is 72.7 cm³/mol. The maximum absolute atomic E-state index is 11.7. The third kappa shape index (κ3) is 6.07. The summed E-state index contributed by atoms with van der Waals surface area (Å²) in [7, 11) is 0. The van der Waals surface area contributed by atoms with Crippen LogP contribution in [0.25, 0.3) is 0 Å². The number of aliphatic hydroxyl groups excluding tert-OH is 2. The summed E-state index contributed by atoms with van der Waals surface area (Å²) >= 11 is 0. The molecule has 0 aromatic heterocycles. The van der Waals surface area contributed by atoms with Gasteiger partial charge >= 0.3 is 6.09 Å². The van der Waals surface area contributed by atoms with Crippen LogP contribution in [0.2, 0.25) is 0 Å². The monoisotopic (exact) mass is 271 g/mol. The van der Waals surface area contributed by atoms with Crippen molar-refractivity contribution >= 4 is 6.09 Å². The Morgan fingerprint density at radius 2 is 1.89 bits per heavy atom. The SMILES string of the molecule is CC1CC(OC(=O)NC(C)(C)C)/C=C/C(O)CC1O. The Morgan fingerprint density at radius 1 is 1.26 bits per heavy atom. The third-order valence-electron chi connectivity index (χ3n) is 3.03. The summed E-state index contributed by atoms with van der Waals surface area (Å²) in [5.41, 5.74) is -0.354. The molecule has 4 unspecified atom stereocenters. The fourth-order valence-corrected chi connectivity index (χ4v) is 1.97. The molecule has 0 aromatic carbocycles. The molecule has 0 radical (unpaired) electrons. The molecule has 1 rings (SSSR count). The van der Waals surface area contributed by atoms with E-state index in [1.165, 1.54) is 0 Å². The van der Waals surface area contributed by atoms with Crippen LogP contribution in [-0.4, -0.2) is 40.2 Å². The summed E-state index contributed by atoms with van der Waals surface area (Å²) in [6.45, 7) is 7.50. The minimum atomic E-state index is -0.700. The van der Waals surface area contributed by atoms with Gasteiger partial charge in [-0.3, -0.25) is 0 Å². The molecule has 0 saturated carbocycles. The molecule has 0 spiro atoms. The highest BCUT2D eigenvalue weighted by Crippen LogP contribution is 2.21. The van der Waals surface area contributed by atoms with Gasteiger partial charge in [0.15, 0.2) is 0 Å². The lowest BCUT2D eigenvalue weighted by molar-refractivity contribution is 0.0334. The van der Waals surface area contributed by atoms with Gasteiger partial charge in [-0.15, -0.1) is 0 Å². The Hall–Kier alpha value is -1.07. The number of hydrogen-bond acceptors (Lipinski definition) is 4. The summed E-state index contributed by atoms with van der Waals surface area (Å²) < 4.78 is 5.31. The summed E-state index contributed by atoms with van der Waals surface area (Å²) in [5.74, 6) is -0.0352. The second-order valence-electron chi connectivity index (χ2n) is 6.29. The first-order chi connectivity index (χ1) is 8.67. The van der Waals surface area contributed by atoms with Crippen molar-refractivity contribution in [1.82, 2.24) is 5.32 Å². The number of hydrogen-bond donors (Lipinski definition) is 3. The Balaban J connectivity index is 2.63. The second kappa shape index (κ2) is 6.39. The van der Waals surface area contributed by atoms with E-state index in [4.69, 9.17) is 4.74 Å². The fraction of sp³-hybridized carbons (Fsp3) is 0.786. The molecule has 1 aliphatic rings. The zero-order chi connectivity index (χ0) is 14.6. The highest BCUT2D eigenvalue weighted by Gasteiger charge is 2.25. The Labute approximate surface area is 114 Å². The van der Waals surface area contributed by atoms with Crippen LogP contribution in [0.15, 0.2) is 12.2 Å². The molecule has 0 fully saturated rings. The molecule has 19 heavy (non-hydrogen) atoms. The third-order valence-corrected chi connectivity index (χ3v) is 3.03. The molecule has 0 saturated heterocycles. The minimum absolute atomic E-state index is 0.0352. The van der Waals surface area contributed by atoms with Gasteiger partial charge in [0.2, 0.25) is 0 Å². The van der Waals surface area contributed by atoms with Crippen LogP contribution in [0.3, 0.4) is 0 Å². The van der Waals surface area contributed by atoms with E-state index in [1.54, 1.807) is 12.2 Å². The molecule has 0 aliphatic heterocycles. The van der Waals surface area contributed by atoms with E-state index in [1.807, 2.05) is 27.7 Å². The maximum atomic E-state index is 11.7. The van der Waals surface area contributed by atoms with Gasteiger partial charge in [-0.25, -0.2) is 4.79 Å². The van der Waals surface area contributed by atoms with Gasteiger partial charge in [0, 0.05) is 12.0 Å². The van der Waals surface area contributed by atoms with E-state index < -0.39 is 24.4 Å². The van der Waals surface area contributed by atoms with Gasteiger partial charge in [0.05, 0.1) is 12.2 Å². The van der Waals surface area contributed by atoms with Gasteiger partial charge in [0.25, 0.3) is 0 Å². The topological polar surface area (TPSA) is 78.8 Å². The summed E-state index contributed by atoms with van der Waals surface area (Å²) in [6.07, 6.45) is 1.92. The highest BCUT2D eigenvalue weighted by atomic mass is 16.6. The number of ether oxygens (including phenoxy) is 1. The smallest absolute Gasteiger partial charge is 0.408 e. The number of aliphatic hydroxyl groups is 2. The number of nitrogens with one attached hydrogen (secondary N) is 1. The van der Waals surface area contributed by atoms with Crippen LogP contribution >= 0.6 is 0 Å². The number of amides is 1. The second-order valence-corrected chi connectivity index (χ2v) is 6.29. The predicted octanol–water partition coefficient (Wildman–Crippen LogP) is 1.59. The molecule has 4 atom stereocenters. The molecule has 110 valence electrons. The number of carbonyl (C=O) groups is 1. The minimum Gasteiger partial charge on any atom is -0.442 e. The van der Waals surface area contributed by atoms with E-state index in [2.05, 4.69) is 5.32 Å². The summed E-state index contributed by atoms with van der Waals surface area (Å²) in [6, 6.07) is 0. The van der Waals surface area contributed by atoms with Crippen LogP contribution in [0.5, 0.6) is 0 Å². The molecule has 0 heterocycles. The Morgan fingerprint density at radius 3 is 2.47 bits per heavy atom. The van der Waals surface area contributed by atoms with Gasteiger partial charge < -0.3 is 20.3 Å². The van der Waals surface area contributed by atoms with Crippen LogP contribution in [-0.2, 0) is 4.74 Å². The van der Waals surface area contributed by atoms with Crippen LogP contribution in [0.4, 0.5) is 4.79 Å². The average Bonchev–Trinajstić information content (AvgIpc) is 2.21. The molecular formula is C14H25NO4. The molecule has 0 bridgehead atoms. The summed E-state index contributed by atoms with van der Waals surface area (Å²) in [5, 5.41) is 22.2. The van der Waals surface area contributed by atoms with Crippen molar-refractivity contribution < 1.29 is 19.7 Å². The lowest BCUT2D eigenvalue weighted by Crippen LogP contribution is -2.42. The van der Waals surface area contributed by atoms with Crippen LogP contribution < -0.4 is 5.32 Å². The average molecular weight is 271 g/mol. The van der Waals surface area contributed by atoms with Crippen molar-refractivity contribution in [2.45, 2.75) is 64.4 Å². The van der Waals surface area contributed by atoms with Gasteiger partial charge in [-0.05, 0) is 39.2 Å².